The van der Waals surface area contributed by atoms with Crippen LogP contribution in [0.2, 0.25) is 0 Å². The minimum absolute atomic E-state index is 0.400. The molecule has 1 aromatic carbocycles. The van der Waals surface area contributed by atoms with E-state index in [1.807, 2.05) is 6.07 Å². The molecule has 0 atom stereocenters. The lowest BCUT2D eigenvalue weighted by atomic mass is 9.76. The number of nitrogens with zero attached hydrogens (tertiary/aromatic N) is 2. The zero-order valence-electron chi connectivity index (χ0n) is 9.58. The molecule has 1 aromatic heterocycles. The molecule has 3 nitrogen and oxygen atoms in total. The Labute approximate surface area is 101 Å². The van der Waals surface area contributed by atoms with E-state index in [9.17, 15) is 0 Å². The number of rotatable bonds is 2. The molecule has 2 N–H and O–H groups in total. The molecule has 1 heterocycles. The predicted octanol–water partition coefficient (Wildman–Crippen LogP) is 2.35. The molecule has 0 amide bonds. The summed E-state index contributed by atoms with van der Waals surface area (Å²) in [5, 5.41) is 0. The Bertz CT molecular complexity index is 487. The quantitative estimate of drug-likeness (QED) is 0.853. The summed E-state index contributed by atoms with van der Waals surface area (Å²) >= 11 is 0. The van der Waals surface area contributed by atoms with Crippen molar-refractivity contribution >= 4 is 0 Å². The van der Waals surface area contributed by atoms with Gasteiger partial charge in [0.15, 0.2) is 5.82 Å². The summed E-state index contributed by atoms with van der Waals surface area (Å²) in [6.45, 7) is 0. The third kappa shape index (κ3) is 2.06. The van der Waals surface area contributed by atoms with Gasteiger partial charge in [-0.05, 0) is 30.4 Å². The van der Waals surface area contributed by atoms with Crippen molar-refractivity contribution in [1.29, 1.82) is 0 Å². The second-order valence-electron chi connectivity index (χ2n) is 4.62. The third-order valence-corrected chi connectivity index (χ3v) is 3.38. The number of aromatic nitrogens is 2. The number of nitrogens with two attached hydrogens (primary N) is 1. The van der Waals surface area contributed by atoms with Gasteiger partial charge in [-0.1, -0.05) is 24.3 Å². The molecule has 1 saturated carbocycles. The van der Waals surface area contributed by atoms with Crippen molar-refractivity contribution in [3.8, 4) is 11.4 Å². The number of benzene rings is 1. The SMILES string of the molecule is NC1CC(c2ccc(-c3ncccn3)cc2)C1. The van der Waals surface area contributed by atoms with Crippen LogP contribution in [-0.4, -0.2) is 16.0 Å². The fraction of sp³-hybridized carbons (Fsp3) is 0.286. The van der Waals surface area contributed by atoms with Crippen molar-refractivity contribution in [3.05, 3.63) is 48.3 Å². The first-order valence-corrected chi connectivity index (χ1v) is 5.96. The maximum atomic E-state index is 5.81. The van der Waals surface area contributed by atoms with E-state index < -0.39 is 0 Å². The van der Waals surface area contributed by atoms with Crippen LogP contribution in [0.3, 0.4) is 0 Å². The monoisotopic (exact) mass is 225 g/mol. The van der Waals surface area contributed by atoms with E-state index in [1.165, 1.54) is 5.56 Å². The van der Waals surface area contributed by atoms with Gasteiger partial charge in [-0.2, -0.15) is 0 Å². The normalized spacial score (nSPS) is 23.1. The van der Waals surface area contributed by atoms with Crippen LogP contribution >= 0.6 is 0 Å². The summed E-state index contributed by atoms with van der Waals surface area (Å²) in [7, 11) is 0. The Balaban J connectivity index is 1.81. The molecule has 2 aromatic rings. The van der Waals surface area contributed by atoms with Gasteiger partial charge >= 0.3 is 0 Å². The van der Waals surface area contributed by atoms with Crippen molar-refractivity contribution in [2.75, 3.05) is 0 Å². The van der Waals surface area contributed by atoms with E-state index in [1.54, 1.807) is 12.4 Å². The molecule has 0 bridgehead atoms. The predicted molar refractivity (Wildman–Crippen MR) is 67.4 cm³/mol. The Morgan fingerprint density at radius 2 is 1.65 bits per heavy atom. The molecule has 86 valence electrons. The maximum Gasteiger partial charge on any atom is 0.159 e. The van der Waals surface area contributed by atoms with Gasteiger partial charge in [0, 0.05) is 24.0 Å². The number of hydrogen-bond donors (Lipinski definition) is 1. The zero-order valence-corrected chi connectivity index (χ0v) is 9.58. The second kappa shape index (κ2) is 4.26. The molecular formula is C14H15N3. The van der Waals surface area contributed by atoms with Crippen LogP contribution in [0.15, 0.2) is 42.7 Å². The average Bonchev–Trinajstić information content (AvgIpc) is 2.36. The Hall–Kier alpha value is -1.74. The fourth-order valence-corrected chi connectivity index (χ4v) is 2.29. The standard InChI is InChI=1S/C14H15N3/c15-13-8-12(9-13)10-2-4-11(5-3-10)14-16-6-1-7-17-14/h1-7,12-13H,8-9,15H2. The second-order valence-corrected chi connectivity index (χ2v) is 4.62. The van der Waals surface area contributed by atoms with E-state index in [2.05, 4.69) is 34.2 Å². The molecule has 0 aliphatic heterocycles. The lowest BCUT2D eigenvalue weighted by Crippen LogP contribution is -2.34. The smallest absolute Gasteiger partial charge is 0.159 e. The van der Waals surface area contributed by atoms with Gasteiger partial charge in [-0.15, -0.1) is 0 Å². The van der Waals surface area contributed by atoms with Crippen LogP contribution in [-0.2, 0) is 0 Å². The highest BCUT2D eigenvalue weighted by Gasteiger charge is 2.26. The van der Waals surface area contributed by atoms with Crippen molar-refractivity contribution in [1.82, 2.24) is 9.97 Å². The van der Waals surface area contributed by atoms with E-state index in [-0.39, 0.29) is 0 Å². The first-order valence-electron chi connectivity index (χ1n) is 5.96. The molecule has 0 unspecified atom stereocenters. The van der Waals surface area contributed by atoms with Crippen LogP contribution in [0.1, 0.15) is 24.3 Å². The summed E-state index contributed by atoms with van der Waals surface area (Å²) < 4.78 is 0. The van der Waals surface area contributed by atoms with Crippen LogP contribution < -0.4 is 5.73 Å². The van der Waals surface area contributed by atoms with E-state index in [0.29, 0.717) is 12.0 Å². The first-order chi connectivity index (χ1) is 8.33. The third-order valence-electron chi connectivity index (χ3n) is 3.38. The van der Waals surface area contributed by atoms with Gasteiger partial charge < -0.3 is 5.73 Å². The van der Waals surface area contributed by atoms with E-state index in [4.69, 9.17) is 5.73 Å². The maximum absolute atomic E-state index is 5.81. The van der Waals surface area contributed by atoms with Crippen molar-refractivity contribution in [2.24, 2.45) is 5.73 Å². The minimum atomic E-state index is 0.400. The average molecular weight is 225 g/mol. The minimum Gasteiger partial charge on any atom is -0.328 e. The first kappa shape index (κ1) is 10.4. The van der Waals surface area contributed by atoms with Crippen LogP contribution in [0, 0.1) is 0 Å². The molecule has 3 heteroatoms. The molecule has 1 fully saturated rings. The van der Waals surface area contributed by atoms with Gasteiger partial charge in [0.25, 0.3) is 0 Å². The lowest BCUT2D eigenvalue weighted by molar-refractivity contribution is 0.351. The van der Waals surface area contributed by atoms with Crippen LogP contribution in [0.5, 0.6) is 0 Å². The summed E-state index contributed by atoms with van der Waals surface area (Å²) in [5.74, 6) is 1.43. The van der Waals surface area contributed by atoms with Crippen LogP contribution in [0.25, 0.3) is 11.4 Å². The molecule has 0 saturated heterocycles. The van der Waals surface area contributed by atoms with Gasteiger partial charge in [-0.3, -0.25) is 0 Å². The molecule has 3 rings (SSSR count). The van der Waals surface area contributed by atoms with Crippen molar-refractivity contribution < 1.29 is 0 Å². The summed E-state index contributed by atoms with van der Waals surface area (Å²) in [5.41, 5.74) is 8.26. The van der Waals surface area contributed by atoms with Crippen molar-refractivity contribution in [2.45, 2.75) is 24.8 Å². The molecule has 0 radical (unpaired) electrons. The fourth-order valence-electron chi connectivity index (χ4n) is 2.29. The van der Waals surface area contributed by atoms with Gasteiger partial charge in [-0.25, -0.2) is 9.97 Å². The van der Waals surface area contributed by atoms with Crippen LogP contribution in [0.4, 0.5) is 0 Å². The van der Waals surface area contributed by atoms with Gasteiger partial charge in [0.1, 0.15) is 0 Å². The topological polar surface area (TPSA) is 51.8 Å². The zero-order chi connectivity index (χ0) is 11.7. The Kier molecular flexibility index (Phi) is 2.61. The van der Waals surface area contributed by atoms with Gasteiger partial charge in [0.05, 0.1) is 0 Å². The highest BCUT2D eigenvalue weighted by Crippen LogP contribution is 2.35. The molecule has 0 spiro atoms. The Morgan fingerprint density at radius 3 is 2.24 bits per heavy atom. The highest BCUT2D eigenvalue weighted by molar-refractivity contribution is 5.55. The molecule has 17 heavy (non-hydrogen) atoms. The summed E-state index contributed by atoms with van der Waals surface area (Å²) in [6, 6.07) is 10.7. The van der Waals surface area contributed by atoms with E-state index >= 15 is 0 Å². The van der Waals surface area contributed by atoms with Gasteiger partial charge in [0.2, 0.25) is 0 Å². The summed E-state index contributed by atoms with van der Waals surface area (Å²) in [4.78, 5) is 8.48. The largest absolute Gasteiger partial charge is 0.328 e. The highest BCUT2D eigenvalue weighted by atomic mass is 14.8. The molecule has 1 aliphatic rings. The Morgan fingerprint density at radius 1 is 1.00 bits per heavy atom. The van der Waals surface area contributed by atoms with Crippen molar-refractivity contribution in [3.63, 3.8) is 0 Å². The number of hydrogen-bond acceptors (Lipinski definition) is 3. The lowest BCUT2D eigenvalue weighted by Gasteiger charge is -2.32. The molecular weight excluding hydrogens is 210 g/mol. The molecule has 1 aliphatic carbocycles. The summed E-state index contributed by atoms with van der Waals surface area (Å²) in [6.07, 6.45) is 5.75. The van der Waals surface area contributed by atoms with E-state index in [0.717, 1.165) is 24.2 Å².